The predicted octanol–water partition coefficient (Wildman–Crippen LogP) is 3.00. The quantitative estimate of drug-likeness (QED) is 0.553. The molecule has 0 radical (unpaired) electrons. The smallest absolute Gasteiger partial charge is 0.0834 e. The molecule has 0 bridgehead atoms. The fourth-order valence-corrected chi connectivity index (χ4v) is 1.13. The van der Waals surface area contributed by atoms with Crippen LogP contribution in [0.2, 0.25) is 0 Å². The van der Waals surface area contributed by atoms with Gasteiger partial charge in [-0.15, -0.1) is 0 Å². The summed E-state index contributed by atoms with van der Waals surface area (Å²) in [5, 5.41) is 0. The highest BCUT2D eigenvalue weighted by atomic mass is 127. The highest BCUT2D eigenvalue weighted by molar-refractivity contribution is 14.1. The Balaban J connectivity index is 3.70. The van der Waals surface area contributed by atoms with Crippen molar-refractivity contribution in [3.63, 3.8) is 0 Å². The number of hydrogen-bond acceptors (Lipinski definition) is 2. The molecule has 0 unspecified atom stereocenters. The molecule has 52 valence electrons. The van der Waals surface area contributed by atoms with E-state index in [2.05, 4.69) is 13.3 Å². The van der Waals surface area contributed by atoms with Crippen LogP contribution in [0.5, 0.6) is 0 Å². The molecule has 0 aliphatic carbocycles. The molecular formula is C5H8I2N2. The van der Waals surface area contributed by atoms with Crippen molar-refractivity contribution in [1.29, 1.82) is 0 Å². The lowest BCUT2D eigenvalue weighted by atomic mass is 10.2. The van der Waals surface area contributed by atoms with Crippen LogP contribution in [0.25, 0.3) is 0 Å². The van der Waals surface area contributed by atoms with Crippen LogP contribution in [0, 0.1) is 0 Å². The first-order valence-electron chi connectivity index (χ1n) is 2.67. The molecule has 0 aromatic rings. The topological polar surface area (TPSA) is 24.7 Å². The van der Waals surface area contributed by atoms with Gasteiger partial charge in [-0.05, 0) is 6.42 Å². The Labute approximate surface area is 83.2 Å². The van der Waals surface area contributed by atoms with Crippen molar-refractivity contribution in [2.75, 3.05) is 0 Å². The molecular weight excluding hydrogens is 342 g/mol. The van der Waals surface area contributed by atoms with Crippen molar-refractivity contribution in [3.05, 3.63) is 0 Å². The first-order valence-corrected chi connectivity index (χ1v) is 4.60. The van der Waals surface area contributed by atoms with E-state index in [1.54, 1.807) is 6.21 Å². The molecule has 0 aromatic heterocycles. The molecule has 0 atom stereocenters. The van der Waals surface area contributed by atoms with Gasteiger partial charge in [0.25, 0.3) is 0 Å². The minimum absolute atomic E-state index is 1.02. The van der Waals surface area contributed by atoms with E-state index in [-0.39, 0.29) is 0 Å². The second-order valence-electron chi connectivity index (χ2n) is 1.55. The fraction of sp³-hybridized carbons (Fsp3) is 0.600. The Kier molecular flexibility index (Phi) is 7.53. The molecule has 0 amide bonds. The maximum Gasteiger partial charge on any atom is 0.0834 e. The Morgan fingerprint density at radius 1 is 1.56 bits per heavy atom. The van der Waals surface area contributed by atoms with Crippen molar-refractivity contribution < 1.29 is 0 Å². The fourth-order valence-electron chi connectivity index (χ4n) is 0.441. The van der Waals surface area contributed by atoms with Crippen LogP contribution in [0.1, 0.15) is 19.8 Å². The van der Waals surface area contributed by atoms with Gasteiger partial charge < -0.3 is 0 Å². The molecule has 9 heavy (non-hydrogen) atoms. The Hall–Kier alpha value is 0.800. The molecule has 0 fully saturated rings. The molecule has 0 spiro atoms. The predicted molar refractivity (Wildman–Crippen MR) is 58.9 cm³/mol. The Morgan fingerprint density at radius 2 is 2.22 bits per heavy atom. The number of rotatable bonds is 3. The number of nitrogens with zero attached hydrogens (tertiary/aromatic N) is 2. The molecule has 0 aromatic carbocycles. The molecule has 0 N–H and O–H groups in total. The maximum atomic E-state index is 4.00. The van der Waals surface area contributed by atoms with Crippen molar-refractivity contribution in [1.82, 2.24) is 0 Å². The van der Waals surface area contributed by atoms with Crippen LogP contribution in [-0.2, 0) is 0 Å². The summed E-state index contributed by atoms with van der Waals surface area (Å²) in [5.74, 6) is 0. The monoisotopic (exact) mass is 350 g/mol. The molecule has 0 rings (SSSR count). The summed E-state index contributed by atoms with van der Waals surface area (Å²) in [7, 11) is 0. The van der Waals surface area contributed by atoms with Gasteiger partial charge in [-0.1, -0.05) is 13.3 Å². The minimum Gasteiger partial charge on any atom is -0.221 e. The molecule has 4 heteroatoms. The summed E-state index contributed by atoms with van der Waals surface area (Å²) in [6, 6.07) is 0. The van der Waals surface area contributed by atoms with Gasteiger partial charge in [-0.3, -0.25) is 0 Å². The lowest BCUT2D eigenvalue weighted by Crippen LogP contribution is -1.95. The van der Waals surface area contributed by atoms with Crippen LogP contribution in [0.15, 0.2) is 6.41 Å². The molecule has 0 saturated carbocycles. The third-order valence-electron chi connectivity index (χ3n) is 0.813. The van der Waals surface area contributed by atoms with Crippen molar-refractivity contribution in [2.45, 2.75) is 19.8 Å². The van der Waals surface area contributed by atoms with Crippen molar-refractivity contribution in [3.8, 4) is 0 Å². The maximum absolute atomic E-state index is 4.00. The van der Waals surface area contributed by atoms with Crippen LogP contribution < -0.4 is 0 Å². The van der Waals surface area contributed by atoms with Gasteiger partial charge in [0.15, 0.2) is 0 Å². The Bertz CT molecular complexity index is 120. The summed E-state index contributed by atoms with van der Waals surface area (Å²) in [5.41, 5.74) is 1.06. The van der Waals surface area contributed by atoms with Crippen molar-refractivity contribution in [2.24, 2.45) is 6.41 Å². The largest absolute Gasteiger partial charge is 0.221 e. The third kappa shape index (κ3) is 5.25. The first-order chi connectivity index (χ1) is 4.35. The molecule has 2 nitrogen and oxygen atoms in total. The van der Waals surface area contributed by atoms with Crippen LogP contribution in [0.3, 0.4) is 0 Å². The van der Waals surface area contributed by atoms with Gasteiger partial charge in [0.2, 0.25) is 0 Å². The second-order valence-corrected chi connectivity index (χ2v) is 2.59. The second kappa shape index (κ2) is 6.91. The van der Waals surface area contributed by atoms with E-state index < -0.39 is 0 Å². The minimum atomic E-state index is 1.02. The van der Waals surface area contributed by atoms with Gasteiger partial charge >= 0.3 is 0 Å². The normalized spacial score (nSPS) is 13.0. The van der Waals surface area contributed by atoms with E-state index in [1.807, 2.05) is 45.7 Å². The van der Waals surface area contributed by atoms with E-state index >= 15 is 0 Å². The molecule has 0 aliphatic heterocycles. The summed E-state index contributed by atoms with van der Waals surface area (Å²) < 4.78 is 7.83. The van der Waals surface area contributed by atoms with Gasteiger partial charge in [0.05, 0.1) is 57.7 Å². The first kappa shape index (κ1) is 9.80. The summed E-state index contributed by atoms with van der Waals surface area (Å²) in [6.45, 7) is 2.13. The van der Waals surface area contributed by atoms with Crippen LogP contribution in [0.4, 0.5) is 0 Å². The van der Waals surface area contributed by atoms with E-state index in [0.717, 1.165) is 18.6 Å². The lowest BCUT2D eigenvalue weighted by Gasteiger charge is -1.90. The summed E-state index contributed by atoms with van der Waals surface area (Å²) in [6.07, 6.45) is 3.94. The highest BCUT2D eigenvalue weighted by Crippen LogP contribution is 1.95. The SMILES string of the molecule is CCCC(C=NI)=NI. The standard InChI is InChI=1S/C5H8I2N2/c1-2-3-5(9-7)4-8-6/h4H,2-3H2,1H3. The third-order valence-corrected chi connectivity index (χ3v) is 1.71. The lowest BCUT2D eigenvalue weighted by molar-refractivity contribution is 1.00. The average Bonchev–Trinajstić information content (AvgIpc) is 1.88. The van der Waals surface area contributed by atoms with E-state index in [1.165, 1.54) is 0 Å². The molecule has 0 saturated heterocycles. The average molecular weight is 350 g/mol. The Morgan fingerprint density at radius 3 is 2.56 bits per heavy atom. The summed E-state index contributed by atoms with van der Waals surface area (Å²) in [4.78, 5) is 0. The zero-order valence-electron chi connectivity index (χ0n) is 5.14. The van der Waals surface area contributed by atoms with E-state index in [4.69, 9.17) is 0 Å². The number of halogens is 2. The molecule has 0 aliphatic rings. The van der Waals surface area contributed by atoms with Crippen LogP contribution in [-0.4, -0.2) is 11.9 Å². The van der Waals surface area contributed by atoms with Crippen molar-refractivity contribution >= 4 is 57.7 Å². The van der Waals surface area contributed by atoms with Gasteiger partial charge in [-0.25, -0.2) is 6.41 Å². The summed E-state index contributed by atoms with van der Waals surface area (Å²) >= 11 is 3.94. The van der Waals surface area contributed by atoms with Crippen LogP contribution >= 0.6 is 45.7 Å². The zero-order valence-corrected chi connectivity index (χ0v) is 9.46. The molecule has 0 heterocycles. The van der Waals surface area contributed by atoms with E-state index in [0.29, 0.717) is 0 Å². The number of hydrogen-bond donors (Lipinski definition) is 0. The van der Waals surface area contributed by atoms with Gasteiger partial charge in [0, 0.05) is 0 Å². The van der Waals surface area contributed by atoms with Gasteiger partial charge in [0.1, 0.15) is 0 Å². The zero-order chi connectivity index (χ0) is 7.11. The van der Waals surface area contributed by atoms with E-state index in [9.17, 15) is 0 Å². The van der Waals surface area contributed by atoms with Gasteiger partial charge in [-0.2, -0.15) is 0 Å². The highest BCUT2D eigenvalue weighted by Gasteiger charge is 1.89.